The van der Waals surface area contributed by atoms with Crippen LogP contribution in [0.25, 0.3) is 0 Å². The number of nitriles is 1. The molecule has 0 atom stereocenters. The number of rotatable bonds is 6. The van der Waals surface area contributed by atoms with Crippen LogP contribution in [0.15, 0.2) is 23.1 Å². The molecule has 1 aromatic rings. The van der Waals surface area contributed by atoms with Gasteiger partial charge in [-0.25, -0.2) is 17.5 Å². The molecule has 0 aliphatic carbocycles. The third-order valence-electron chi connectivity index (χ3n) is 3.28. The Balaban J connectivity index is 2.98. The van der Waals surface area contributed by atoms with Crippen molar-refractivity contribution in [1.82, 2.24) is 4.72 Å². The molecule has 0 saturated heterocycles. The van der Waals surface area contributed by atoms with Gasteiger partial charge in [0.05, 0.1) is 16.1 Å². The van der Waals surface area contributed by atoms with Crippen molar-refractivity contribution in [2.24, 2.45) is 0 Å². The third kappa shape index (κ3) is 3.76. The van der Waals surface area contributed by atoms with E-state index < -0.39 is 21.4 Å². The van der Waals surface area contributed by atoms with E-state index in [1.54, 1.807) is 19.9 Å². The minimum absolute atomic E-state index is 0.137. The van der Waals surface area contributed by atoms with Crippen molar-refractivity contribution in [1.29, 1.82) is 5.26 Å². The van der Waals surface area contributed by atoms with Crippen LogP contribution in [0, 0.1) is 17.1 Å². The number of nitrogens with zero attached hydrogens (tertiary/aromatic N) is 1. The van der Waals surface area contributed by atoms with Gasteiger partial charge >= 0.3 is 0 Å². The van der Waals surface area contributed by atoms with Crippen LogP contribution in [-0.4, -0.2) is 25.7 Å². The molecule has 0 heterocycles. The van der Waals surface area contributed by atoms with E-state index in [-0.39, 0.29) is 17.0 Å². The molecule has 0 amide bonds. The largest absolute Gasteiger partial charge is 0.389 e. The zero-order chi connectivity index (χ0) is 15.4. The minimum atomic E-state index is -3.89. The first-order valence-electron chi connectivity index (χ1n) is 6.19. The summed E-state index contributed by atoms with van der Waals surface area (Å²) in [5.74, 6) is -0.773. The molecule has 0 spiro atoms. The molecular formula is C13H17FN2O3S. The highest BCUT2D eigenvalue weighted by Crippen LogP contribution is 2.17. The van der Waals surface area contributed by atoms with E-state index in [0.29, 0.717) is 12.8 Å². The van der Waals surface area contributed by atoms with Gasteiger partial charge in [-0.2, -0.15) is 5.26 Å². The van der Waals surface area contributed by atoms with E-state index in [2.05, 4.69) is 4.72 Å². The van der Waals surface area contributed by atoms with E-state index in [1.807, 2.05) is 0 Å². The van der Waals surface area contributed by atoms with Crippen LogP contribution in [-0.2, 0) is 10.0 Å². The lowest BCUT2D eigenvalue weighted by Crippen LogP contribution is -2.41. The van der Waals surface area contributed by atoms with Crippen molar-refractivity contribution in [2.45, 2.75) is 37.2 Å². The summed E-state index contributed by atoms with van der Waals surface area (Å²) < 4.78 is 39.5. The van der Waals surface area contributed by atoms with Crippen LogP contribution in [0.4, 0.5) is 4.39 Å². The van der Waals surface area contributed by atoms with Gasteiger partial charge in [-0.3, -0.25) is 0 Å². The molecule has 0 bridgehead atoms. The summed E-state index contributed by atoms with van der Waals surface area (Å²) in [7, 11) is -3.89. The zero-order valence-corrected chi connectivity index (χ0v) is 12.2. The summed E-state index contributed by atoms with van der Waals surface area (Å²) in [5.41, 5.74) is -1.46. The van der Waals surface area contributed by atoms with Crippen LogP contribution in [0.5, 0.6) is 0 Å². The van der Waals surface area contributed by atoms with E-state index in [4.69, 9.17) is 5.26 Å². The zero-order valence-electron chi connectivity index (χ0n) is 11.4. The average molecular weight is 300 g/mol. The van der Waals surface area contributed by atoms with Gasteiger partial charge in [-0.1, -0.05) is 13.8 Å². The average Bonchev–Trinajstić information content (AvgIpc) is 2.45. The molecule has 0 aromatic heterocycles. The van der Waals surface area contributed by atoms with Crippen molar-refractivity contribution in [3.05, 3.63) is 29.6 Å². The Kier molecular flexibility index (Phi) is 5.22. The number of hydrogen-bond acceptors (Lipinski definition) is 4. The fourth-order valence-electron chi connectivity index (χ4n) is 1.57. The van der Waals surface area contributed by atoms with Gasteiger partial charge in [0, 0.05) is 6.54 Å². The topological polar surface area (TPSA) is 90.2 Å². The summed E-state index contributed by atoms with van der Waals surface area (Å²) in [4.78, 5) is -0.204. The molecule has 0 unspecified atom stereocenters. The standard InChI is InChI=1S/C13H17FN2O3S/c1-3-13(17,4-2)9-16-20(18,19)11-5-6-12(14)10(7-11)8-15/h5-7,16-17H,3-4,9H2,1-2H3. The van der Waals surface area contributed by atoms with E-state index in [9.17, 15) is 17.9 Å². The van der Waals surface area contributed by atoms with Gasteiger partial charge in [-0.05, 0) is 31.0 Å². The van der Waals surface area contributed by atoms with Crippen molar-refractivity contribution >= 4 is 10.0 Å². The lowest BCUT2D eigenvalue weighted by atomic mass is 9.98. The monoisotopic (exact) mass is 300 g/mol. The van der Waals surface area contributed by atoms with Crippen molar-refractivity contribution in [3.8, 4) is 6.07 Å². The molecule has 0 radical (unpaired) electrons. The molecule has 1 aromatic carbocycles. The molecule has 20 heavy (non-hydrogen) atoms. The van der Waals surface area contributed by atoms with Gasteiger partial charge < -0.3 is 5.11 Å². The van der Waals surface area contributed by atoms with E-state index >= 15 is 0 Å². The number of nitrogens with one attached hydrogen (secondary N) is 1. The van der Waals surface area contributed by atoms with Crippen molar-refractivity contribution in [2.75, 3.05) is 6.54 Å². The second-order valence-corrected chi connectivity index (χ2v) is 6.28. The first kappa shape index (κ1) is 16.6. The Hall–Kier alpha value is -1.49. The predicted octanol–water partition coefficient (Wildman–Crippen LogP) is 1.53. The van der Waals surface area contributed by atoms with Gasteiger partial charge in [0.15, 0.2) is 0 Å². The summed E-state index contributed by atoms with van der Waals surface area (Å²) in [6.45, 7) is 3.37. The van der Waals surface area contributed by atoms with Gasteiger partial charge in [0.2, 0.25) is 10.0 Å². The molecule has 5 nitrogen and oxygen atoms in total. The van der Waals surface area contributed by atoms with Crippen LogP contribution in [0.3, 0.4) is 0 Å². The molecule has 2 N–H and O–H groups in total. The Labute approximate surface area is 118 Å². The first-order valence-corrected chi connectivity index (χ1v) is 7.68. The second-order valence-electron chi connectivity index (χ2n) is 4.51. The number of halogens is 1. The Morgan fingerprint density at radius 3 is 2.50 bits per heavy atom. The van der Waals surface area contributed by atoms with Gasteiger partial charge in [-0.15, -0.1) is 0 Å². The van der Waals surface area contributed by atoms with E-state index in [0.717, 1.165) is 18.2 Å². The fourth-order valence-corrected chi connectivity index (χ4v) is 2.72. The Morgan fingerprint density at radius 2 is 2.00 bits per heavy atom. The van der Waals surface area contributed by atoms with Crippen molar-refractivity contribution < 1.29 is 17.9 Å². The molecule has 0 aliphatic rings. The molecular weight excluding hydrogens is 283 g/mol. The number of aliphatic hydroxyl groups is 1. The molecule has 0 saturated carbocycles. The smallest absolute Gasteiger partial charge is 0.240 e. The molecule has 110 valence electrons. The molecule has 7 heteroatoms. The van der Waals surface area contributed by atoms with Gasteiger partial charge in [0.25, 0.3) is 0 Å². The van der Waals surface area contributed by atoms with Crippen molar-refractivity contribution in [3.63, 3.8) is 0 Å². The lowest BCUT2D eigenvalue weighted by molar-refractivity contribution is 0.0377. The highest BCUT2D eigenvalue weighted by atomic mass is 32.2. The summed E-state index contributed by atoms with van der Waals surface area (Å²) in [5, 5.41) is 18.7. The maximum Gasteiger partial charge on any atom is 0.240 e. The molecule has 1 rings (SSSR count). The number of hydrogen-bond donors (Lipinski definition) is 2. The lowest BCUT2D eigenvalue weighted by Gasteiger charge is -2.25. The quantitative estimate of drug-likeness (QED) is 0.833. The third-order valence-corrected chi connectivity index (χ3v) is 4.67. The molecule has 0 aliphatic heterocycles. The van der Waals surface area contributed by atoms with E-state index in [1.165, 1.54) is 0 Å². The second kappa shape index (κ2) is 6.31. The molecule has 0 fully saturated rings. The number of sulfonamides is 1. The van der Waals surface area contributed by atoms with Crippen LogP contribution >= 0.6 is 0 Å². The highest BCUT2D eigenvalue weighted by molar-refractivity contribution is 7.89. The summed E-state index contributed by atoms with van der Waals surface area (Å²) in [6, 6.07) is 4.56. The fraction of sp³-hybridized carbons (Fsp3) is 0.462. The maximum absolute atomic E-state index is 13.2. The van der Waals surface area contributed by atoms with Crippen LogP contribution in [0.1, 0.15) is 32.3 Å². The summed E-state index contributed by atoms with van der Waals surface area (Å²) >= 11 is 0. The SMILES string of the molecule is CCC(O)(CC)CNS(=O)(=O)c1ccc(F)c(C#N)c1. The minimum Gasteiger partial charge on any atom is -0.389 e. The van der Waals surface area contributed by atoms with Crippen LogP contribution in [0.2, 0.25) is 0 Å². The maximum atomic E-state index is 13.2. The summed E-state index contributed by atoms with van der Waals surface area (Å²) in [6.07, 6.45) is 0.803. The highest BCUT2D eigenvalue weighted by Gasteiger charge is 2.25. The number of benzene rings is 1. The first-order chi connectivity index (χ1) is 9.28. The Bertz CT molecular complexity index is 619. The normalized spacial score (nSPS) is 12.2. The van der Waals surface area contributed by atoms with Gasteiger partial charge in [0.1, 0.15) is 11.9 Å². The van der Waals surface area contributed by atoms with Crippen LogP contribution < -0.4 is 4.72 Å². The Morgan fingerprint density at radius 1 is 1.40 bits per heavy atom. The predicted molar refractivity (Wildman–Crippen MR) is 71.8 cm³/mol.